The fourth-order valence-corrected chi connectivity index (χ4v) is 2.94. The van der Waals surface area contributed by atoms with Crippen LogP contribution in [0.2, 0.25) is 0 Å². The second-order valence-corrected chi connectivity index (χ2v) is 5.57. The van der Waals surface area contributed by atoms with Crippen molar-refractivity contribution in [2.75, 3.05) is 13.1 Å². The molecule has 0 bridgehead atoms. The van der Waals surface area contributed by atoms with E-state index in [0.29, 0.717) is 5.92 Å². The third-order valence-corrected chi connectivity index (χ3v) is 4.21. The summed E-state index contributed by atoms with van der Waals surface area (Å²) < 4.78 is 1.84. The van der Waals surface area contributed by atoms with Crippen LogP contribution in [0, 0.1) is 0 Å². The van der Waals surface area contributed by atoms with Crippen LogP contribution >= 0.6 is 0 Å². The highest BCUT2D eigenvalue weighted by Crippen LogP contribution is 2.28. The zero-order valence-corrected chi connectivity index (χ0v) is 12.5. The van der Waals surface area contributed by atoms with Crippen LogP contribution in [0.25, 0.3) is 11.4 Å². The van der Waals surface area contributed by atoms with Crippen molar-refractivity contribution < 1.29 is 4.79 Å². The maximum atomic E-state index is 11.4. The third-order valence-electron chi connectivity index (χ3n) is 4.21. The van der Waals surface area contributed by atoms with Gasteiger partial charge >= 0.3 is 0 Å². The fraction of sp³-hybridized carbons (Fsp3) is 0.438. The van der Waals surface area contributed by atoms with Crippen molar-refractivity contribution in [2.45, 2.75) is 25.7 Å². The van der Waals surface area contributed by atoms with Gasteiger partial charge in [-0.25, -0.2) is 0 Å². The summed E-state index contributed by atoms with van der Waals surface area (Å²) in [6.07, 6.45) is 3.76. The summed E-state index contributed by atoms with van der Waals surface area (Å²) in [6.45, 7) is 3.30. The van der Waals surface area contributed by atoms with Gasteiger partial charge in [0, 0.05) is 44.9 Å². The summed E-state index contributed by atoms with van der Waals surface area (Å²) in [5.41, 5.74) is 3.11. The van der Waals surface area contributed by atoms with Crippen molar-refractivity contribution in [1.29, 1.82) is 0 Å². The Hall–Kier alpha value is -2.17. The van der Waals surface area contributed by atoms with Crippen molar-refractivity contribution >= 4 is 5.91 Å². The highest BCUT2D eigenvalue weighted by Gasteiger charge is 2.23. The van der Waals surface area contributed by atoms with Gasteiger partial charge in [0.2, 0.25) is 5.91 Å². The summed E-state index contributed by atoms with van der Waals surface area (Å²) >= 11 is 0. The summed E-state index contributed by atoms with van der Waals surface area (Å²) in [6, 6.07) is 8.14. The quantitative estimate of drug-likeness (QED) is 0.849. The number of hydrogen-bond donors (Lipinski definition) is 0. The van der Waals surface area contributed by atoms with Gasteiger partial charge in [0.25, 0.3) is 0 Å². The van der Waals surface area contributed by atoms with Crippen LogP contribution in [0.4, 0.5) is 0 Å². The molecular weight excluding hydrogens is 264 g/mol. The molecule has 3 heterocycles. The standard InChI is InChI=1S/C16H20N4O/c1-12(21)20-10-7-13(8-11-20)14-4-3-5-15(18-14)16-6-9-17-19(16)2/h3-6,9,13H,7-8,10-11H2,1-2H3. The van der Waals surface area contributed by atoms with E-state index in [-0.39, 0.29) is 5.91 Å². The molecule has 1 aliphatic heterocycles. The Labute approximate surface area is 124 Å². The van der Waals surface area contributed by atoms with Gasteiger partial charge in [-0.15, -0.1) is 0 Å². The first kappa shape index (κ1) is 13.8. The van der Waals surface area contributed by atoms with E-state index in [1.165, 1.54) is 0 Å². The number of carbonyl (C=O) groups excluding carboxylic acids is 1. The fourth-order valence-electron chi connectivity index (χ4n) is 2.94. The molecule has 1 amide bonds. The first-order chi connectivity index (χ1) is 10.1. The van der Waals surface area contributed by atoms with E-state index in [0.717, 1.165) is 43.0 Å². The first-order valence-electron chi connectivity index (χ1n) is 7.36. The Morgan fingerprint density at radius 1 is 1.24 bits per heavy atom. The topological polar surface area (TPSA) is 51.0 Å². The number of amides is 1. The van der Waals surface area contributed by atoms with Gasteiger partial charge in [-0.05, 0) is 31.0 Å². The number of pyridine rings is 1. The molecule has 2 aromatic rings. The minimum atomic E-state index is 0.171. The SMILES string of the molecule is CC(=O)N1CCC(c2cccc(-c3ccnn3C)n2)CC1. The van der Waals surface area contributed by atoms with Gasteiger partial charge in [0.15, 0.2) is 0 Å². The molecule has 0 atom stereocenters. The van der Waals surface area contributed by atoms with Crippen molar-refractivity contribution in [3.05, 3.63) is 36.2 Å². The highest BCUT2D eigenvalue weighted by molar-refractivity contribution is 5.73. The minimum Gasteiger partial charge on any atom is -0.343 e. The van der Waals surface area contributed by atoms with Crippen LogP contribution in [0.15, 0.2) is 30.5 Å². The molecule has 21 heavy (non-hydrogen) atoms. The minimum absolute atomic E-state index is 0.171. The van der Waals surface area contributed by atoms with Gasteiger partial charge in [-0.3, -0.25) is 14.5 Å². The second-order valence-electron chi connectivity index (χ2n) is 5.57. The largest absolute Gasteiger partial charge is 0.343 e. The molecule has 0 spiro atoms. The molecule has 1 saturated heterocycles. The van der Waals surface area contributed by atoms with Crippen molar-refractivity contribution in [3.8, 4) is 11.4 Å². The van der Waals surface area contributed by atoms with Crippen LogP contribution < -0.4 is 0 Å². The van der Waals surface area contributed by atoms with Gasteiger partial charge in [-0.2, -0.15) is 5.10 Å². The molecule has 0 unspecified atom stereocenters. The van der Waals surface area contributed by atoms with E-state index in [9.17, 15) is 4.79 Å². The number of carbonyl (C=O) groups is 1. The molecule has 3 rings (SSSR count). The van der Waals surface area contributed by atoms with E-state index in [1.807, 2.05) is 28.8 Å². The lowest BCUT2D eigenvalue weighted by atomic mass is 9.93. The Bertz CT molecular complexity index is 641. The normalized spacial score (nSPS) is 16.2. The maximum Gasteiger partial charge on any atom is 0.219 e. The van der Waals surface area contributed by atoms with Crippen molar-refractivity contribution in [2.24, 2.45) is 7.05 Å². The van der Waals surface area contributed by atoms with Gasteiger partial charge in [-0.1, -0.05) is 6.07 Å². The number of aryl methyl sites for hydroxylation is 1. The number of rotatable bonds is 2. The lowest BCUT2D eigenvalue weighted by molar-refractivity contribution is -0.129. The summed E-state index contributed by atoms with van der Waals surface area (Å²) in [5, 5.41) is 4.20. The molecule has 2 aromatic heterocycles. The number of likely N-dealkylation sites (tertiary alicyclic amines) is 1. The van der Waals surface area contributed by atoms with Crippen LogP contribution in [0.3, 0.4) is 0 Å². The predicted octanol–water partition coefficient (Wildman–Crippen LogP) is 2.21. The zero-order valence-electron chi connectivity index (χ0n) is 12.5. The first-order valence-corrected chi connectivity index (χ1v) is 7.36. The molecule has 5 nitrogen and oxygen atoms in total. The average Bonchev–Trinajstić information content (AvgIpc) is 2.94. The van der Waals surface area contributed by atoms with Gasteiger partial charge in [0.05, 0.1) is 11.4 Å². The van der Waals surface area contributed by atoms with E-state index in [1.54, 1.807) is 13.1 Å². The average molecular weight is 284 g/mol. The Balaban J connectivity index is 1.78. The monoisotopic (exact) mass is 284 g/mol. The zero-order chi connectivity index (χ0) is 14.8. The molecule has 1 aliphatic rings. The van der Waals surface area contributed by atoms with Crippen LogP contribution in [0.1, 0.15) is 31.4 Å². The van der Waals surface area contributed by atoms with Gasteiger partial charge < -0.3 is 4.90 Å². The predicted molar refractivity (Wildman–Crippen MR) is 80.7 cm³/mol. The van der Waals surface area contributed by atoms with E-state index >= 15 is 0 Å². The van der Waals surface area contributed by atoms with E-state index in [2.05, 4.69) is 17.2 Å². The number of nitrogens with zero attached hydrogens (tertiary/aromatic N) is 4. The second kappa shape index (κ2) is 5.68. The van der Waals surface area contributed by atoms with Crippen molar-refractivity contribution in [3.63, 3.8) is 0 Å². The summed E-state index contributed by atoms with van der Waals surface area (Å²) in [7, 11) is 1.93. The molecule has 1 fully saturated rings. The molecular formula is C16H20N4O. The third kappa shape index (κ3) is 2.82. The van der Waals surface area contributed by atoms with E-state index in [4.69, 9.17) is 4.98 Å². The lowest BCUT2D eigenvalue weighted by Crippen LogP contribution is -2.36. The Kier molecular flexibility index (Phi) is 3.73. The van der Waals surface area contributed by atoms with Crippen LogP contribution in [0.5, 0.6) is 0 Å². The molecule has 0 radical (unpaired) electrons. The van der Waals surface area contributed by atoms with E-state index < -0.39 is 0 Å². The number of aromatic nitrogens is 3. The maximum absolute atomic E-state index is 11.4. The van der Waals surface area contributed by atoms with Gasteiger partial charge in [0.1, 0.15) is 0 Å². The Morgan fingerprint density at radius 3 is 2.62 bits per heavy atom. The van der Waals surface area contributed by atoms with Crippen LogP contribution in [-0.2, 0) is 11.8 Å². The number of hydrogen-bond acceptors (Lipinski definition) is 3. The molecule has 0 aliphatic carbocycles. The molecule has 5 heteroatoms. The smallest absolute Gasteiger partial charge is 0.219 e. The molecule has 110 valence electrons. The number of piperidine rings is 1. The van der Waals surface area contributed by atoms with Crippen LogP contribution in [-0.4, -0.2) is 38.7 Å². The van der Waals surface area contributed by atoms with Crippen molar-refractivity contribution in [1.82, 2.24) is 19.7 Å². The molecule has 0 aromatic carbocycles. The highest BCUT2D eigenvalue weighted by atomic mass is 16.2. The lowest BCUT2D eigenvalue weighted by Gasteiger charge is -2.31. The summed E-state index contributed by atoms with van der Waals surface area (Å²) in [4.78, 5) is 18.1. The molecule has 0 saturated carbocycles. The molecule has 0 N–H and O–H groups in total. The Morgan fingerprint density at radius 2 is 2.00 bits per heavy atom. The summed E-state index contributed by atoms with van der Waals surface area (Å²) in [5.74, 6) is 0.610.